The van der Waals surface area contributed by atoms with E-state index in [2.05, 4.69) is 14.5 Å². The van der Waals surface area contributed by atoms with Crippen molar-refractivity contribution in [3.05, 3.63) is 42.6 Å². The van der Waals surface area contributed by atoms with Crippen molar-refractivity contribution >= 4 is 5.82 Å². The van der Waals surface area contributed by atoms with E-state index in [-0.39, 0.29) is 0 Å². The predicted octanol–water partition coefficient (Wildman–Crippen LogP) is 1.49. The number of nitrogens with two attached hydrogens (primary N) is 1. The monoisotopic (exact) mass is 202 g/mol. The van der Waals surface area contributed by atoms with Crippen molar-refractivity contribution in [2.75, 3.05) is 5.73 Å². The van der Waals surface area contributed by atoms with Crippen molar-refractivity contribution in [2.24, 2.45) is 0 Å². The van der Waals surface area contributed by atoms with E-state index in [0.29, 0.717) is 5.82 Å². The summed E-state index contributed by atoms with van der Waals surface area (Å²) >= 11 is 0. The highest BCUT2D eigenvalue weighted by Crippen LogP contribution is 2.04. The second kappa shape index (κ2) is 4.59. The summed E-state index contributed by atoms with van der Waals surface area (Å²) in [5.74, 6) is 0.593. The van der Waals surface area contributed by atoms with Crippen LogP contribution in [-0.2, 0) is 13.0 Å². The van der Waals surface area contributed by atoms with Gasteiger partial charge in [0.15, 0.2) is 0 Å². The number of imidazole rings is 1. The maximum Gasteiger partial charge on any atom is 0.123 e. The van der Waals surface area contributed by atoms with Crippen LogP contribution in [0.15, 0.2) is 36.9 Å². The minimum atomic E-state index is 0.593. The van der Waals surface area contributed by atoms with Gasteiger partial charge in [-0.25, -0.2) is 9.97 Å². The molecule has 2 rings (SSSR count). The molecule has 15 heavy (non-hydrogen) atoms. The molecule has 0 aliphatic rings. The topological polar surface area (TPSA) is 56.7 Å². The summed E-state index contributed by atoms with van der Waals surface area (Å²) in [6, 6.07) is 5.75. The minimum absolute atomic E-state index is 0.593. The van der Waals surface area contributed by atoms with Gasteiger partial charge in [-0.2, -0.15) is 0 Å². The Balaban J connectivity index is 1.83. The molecular formula is C11H14N4. The molecule has 0 amide bonds. The van der Waals surface area contributed by atoms with E-state index in [1.54, 1.807) is 12.3 Å². The highest BCUT2D eigenvalue weighted by molar-refractivity contribution is 5.28. The lowest BCUT2D eigenvalue weighted by Crippen LogP contribution is -1.99. The Morgan fingerprint density at radius 1 is 1.33 bits per heavy atom. The first-order valence-electron chi connectivity index (χ1n) is 5.02. The Morgan fingerprint density at radius 2 is 2.27 bits per heavy atom. The SMILES string of the molecule is Nc1cccc(CCCn2ccnc2)n1. The highest BCUT2D eigenvalue weighted by Gasteiger charge is 1.96. The van der Waals surface area contributed by atoms with Crippen molar-refractivity contribution in [3.8, 4) is 0 Å². The molecule has 2 N–H and O–H groups in total. The van der Waals surface area contributed by atoms with Crippen molar-refractivity contribution in [2.45, 2.75) is 19.4 Å². The van der Waals surface area contributed by atoms with Gasteiger partial charge >= 0.3 is 0 Å². The fraction of sp³-hybridized carbons (Fsp3) is 0.273. The lowest BCUT2D eigenvalue weighted by Gasteiger charge is -2.02. The summed E-state index contributed by atoms with van der Waals surface area (Å²) in [5.41, 5.74) is 6.65. The van der Waals surface area contributed by atoms with Crippen LogP contribution in [-0.4, -0.2) is 14.5 Å². The van der Waals surface area contributed by atoms with Crippen LogP contribution in [0.25, 0.3) is 0 Å². The van der Waals surface area contributed by atoms with Crippen molar-refractivity contribution in [1.82, 2.24) is 14.5 Å². The van der Waals surface area contributed by atoms with Gasteiger partial charge < -0.3 is 10.3 Å². The van der Waals surface area contributed by atoms with Gasteiger partial charge in [0, 0.05) is 24.6 Å². The molecule has 78 valence electrons. The van der Waals surface area contributed by atoms with E-state index < -0.39 is 0 Å². The molecule has 0 spiro atoms. The number of hydrogen-bond donors (Lipinski definition) is 1. The predicted molar refractivity (Wildman–Crippen MR) is 59.2 cm³/mol. The van der Waals surface area contributed by atoms with Crippen LogP contribution in [0.3, 0.4) is 0 Å². The number of aromatic nitrogens is 3. The maximum atomic E-state index is 5.60. The van der Waals surface area contributed by atoms with E-state index >= 15 is 0 Å². The highest BCUT2D eigenvalue weighted by atomic mass is 15.0. The summed E-state index contributed by atoms with van der Waals surface area (Å²) in [4.78, 5) is 8.23. The molecule has 0 bridgehead atoms. The molecule has 0 saturated carbocycles. The van der Waals surface area contributed by atoms with E-state index in [0.717, 1.165) is 25.1 Å². The van der Waals surface area contributed by atoms with Gasteiger partial charge in [0.05, 0.1) is 6.33 Å². The average Bonchev–Trinajstić information content (AvgIpc) is 2.71. The van der Waals surface area contributed by atoms with Gasteiger partial charge in [0.1, 0.15) is 5.82 Å². The third kappa shape index (κ3) is 2.80. The zero-order valence-corrected chi connectivity index (χ0v) is 8.50. The summed E-state index contributed by atoms with van der Waals surface area (Å²) < 4.78 is 2.06. The molecule has 0 unspecified atom stereocenters. The normalized spacial score (nSPS) is 10.4. The molecule has 0 aromatic carbocycles. The zero-order valence-electron chi connectivity index (χ0n) is 8.50. The Kier molecular flexibility index (Phi) is 2.97. The molecular weight excluding hydrogens is 188 g/mol. The van der Waals surface area contributed by atoms with Crippen LogP contribution >= 0.6 is 0 Å². The summed E-state index contributed by atoms with van der Waals surface area (Å²) in [6.07, 6.45) is 7.58. The van der Waals surface area contributed by atoms with Crippen LogP contribution < -0.4 is 5.73 Å². The number of hydrogen-bond acceptors (Lipinski definition) is 3. The fourth-order valence-corrected chi connectivity index (χ4v) is 1.50. The Hall–Kier alpha value is -1.84. The van der Waals surface area contributed by atoms with Crippen LogP contribution in [0.5, 0.6) is 0 Å². The van der Waals surface area contributed by atoms with Gasteiger partial charge in [-0.1, -0.05) is 6.07 Å². The van der Waals surface area contributed by atoms with E-state index in [4.69, 9.17) is 5.73 Å². The maximum absolute atomic E-state index is 5.60. The molecule has 4 heteroatoms. The standard InChI is InChI=1S/C11H14N4/c12-11-5-1-3-10(14-11)4-2-7-15-8-6-13-9-15/h1,3,5-6,8-9H,2,4,7H2,(H2,12,14). The first-order valence-corrected chi connectivity index (χ1v) is 5.02. The molecule has 0 atom stereocenters. The summed E-state index contributed by atoms with van der Waals surface area (Å²) in [7, 11) is 0. The van der Waals surface area contributed by atoms with Crippen LogP contribution in [0.2, 0.25) is 0 Å². The second-order valence-corrected chi connectivity index (χ2v) is 3.46. The smallest absolute Gasteiger partial charge is 0.123 e. The fourth-order valence-electron chi connectivity index (χ4n) is 1.50. The quantitative estimate of drug-likeness (QED) is 0.817. The number of pyridine rings is 1. The third-order valence-electron chi connectivity index (χ3n) is 2.24. The number of rotatable bonds is 4. The number of aryl methyl sites for hydroxylation is 2. The van der Waals surface area contributed by atoms with Gasteiger partial charge in [-0.3, -0.25) is 0 Å². The molecule has 2 heterocycles. The lowest BCUT2D eigenvalue weighted by molar-refractivity contribution is 0.636. The lowest BCUT2D eigenvalue weighted by atomic mass is 10.2. The Bertz CT molecular complexity index is 408. The molecule has 0 radical (unpaired) electrons. The minimum Gasteiger partial charge on any atom is -0.384 e. The van der Waals surface area contributed by atoms with Crippen LogP contribution in [0.1, 0.15) is 12.1 Å². The third-order valence-corrected chi connectivity index (χ3v) is 2.24. The van der Waals surface area contributed by atoms with Crippen molar-refractivity contribution < 1.29 is 0 Å². The number of nitrogens with zero attached hydrogens (tertiary/aromatic N) is 3. The molecule has 0 fully saturated rings. The van der Waals surface area contributed by atoms with Gasteiger partial charge in [-0.15, -0.1) is 0 Å². The second-order valence-electron chi connectivity index (χ2n) is 3.46. The van der Waals surface area contributed by atoms with Gasteiger partial charge in [0.25, 0.3) is 0 Å². The average molecular weight is 202 g/mol. The molecule has 0 aliphatic carbocycles. The first-order chi connectivity index (χ1) is 7.34. The van der Waals surface area contributed by atoms with Crippen molar-refractivity contribution in [1.29, 1.82) is 0 Å². The zero-order chi connectivity index (χ0) is 10.5. The Morgan fingerprint density at radius 3 is 3.00 bits per heavy atom. The largest absolute Gasteiger partial charge is 0.384 e. The number of anilines is 1. The molecule has 2 aromatic heterocycles. The van der Waals surface area contributed by atoms with Gasteiger partial charge in [0.2, 0.25) is 0 Å². The Labute approximate surface area is 88.8 Å². The molecule has 4 nitrogen and oxygen atoms in total. The van der Waals surface area contributed by atoms with E-state index in [1.807, 2.05) is 24.7 Å². The first kappa shape index (κ1) is 9.71. The summed E-state index contributed by atoms with van der Waals surface area (Å²) in [5, 5.41) is 0. The van der Waals surface area contributed by atoms with Crippen LogP contribution in [0, 0.1) is 0 Å². The summed E-state index contributed by atoms with van der Waals surface area (Å²) in [6.45, 7) is 0.969. The van der Waals surface area contributed by atoms with Crippen molar-refractivity contribution in [3.63, 3.8) is 0 Å². The van der Waals surface area contributed by atoms with Crippen LogP contribution in [0.4, 0.5) is 5.82 Å². The van der Waals surface area contributed by atoms with Gasteiger partial charge in [-0.05, 0) is 25.0 Å². The van der Waals surface area contributed by atoms with E-state index in [1.165, 1.54) is 0 Å². The number of nitrogen functional groups attached to an aromatic ring is 1. The molecule has 2 aromatic rings. The molecule has 0 aliphatic heterocycles. The molecule has 0 saturated heterocycles. The van der Waals surface area contributed by atoms with E-state index in [9.17, 15) is 0 Å².